The van der Waals surface area contributed by atoms with Crippen LogP contribution in [0.15, 0.2) is 6.33 Å². The van der Waals surface area contributed by atoms with E-state index < -0.39 is 0 Å². The number of anilines is 1. The Morgan fingerprint density at radius 1 is 1.30 bits per heavy atom. The predicted molar refractivity (Wildman–Crippen MR) is 75.6 cm³/mol. The Labute approximate surface area is 120 Å². The molecule has 2 N–H and O–H groups in total. The molecule has 2 aromatic rings. The van der Waals surface area contributed by atoms with Crippen LogP contribution in [0.5, 0.6) is 0 Å². The average Bonchev–Trinajstić information content (AvgIpc) is 2.97. The first kappa shape index (κ1) is 14.4. The number of urea groups is 1. The van der Waals surface area contributed by atoms with E-state index in [1.165, 1.54) is 11.3 Å². The molecule has 0 aromatic carbocycles. The van der Waals surface area contributed by atoms with E-state index in [-0.39, 0.29) is 12.1 Å². The van der Waals surface area contributed by atoms with Crippen molar-refractivity contribution in [1.82, 2.24) is 30.3 Å². The van der Waals surface area contributed by atoms with Gasteiger partial charge in [0, 0.05) is 13.0 Å². The van der Waals surface area contributed by atoms with Crippen LogP contribution in [0.1, 0.15) is 43.6 Å². The van der Waals surface area contributed by atoms with Gasteiger partial charge in [0.2, 0.25) is 5.13 Å². The van der Waals surface area contributed by atoms with Crippen molar-refractivity contribution in [1.29, 1.82) is 0 Å². The first-order valence-electron chi connectivity index (χ1n) is 6.22. The lowest BCUT2D eigenvalue weighted by Crippen LogP contribution is -2.32. The van der Waals surface area contributed by atoms with Crippen molar-refractivity contribution in [3.8, 4) is 0 Å². The van der Waals surface area contributed by atoms with Gasteiger partial charge >= 0.3 is 6.03 Å². The summed E-state index contributed by atoms with van der Waals surface area (Å²) in [5.41, 5.74) is 0. The second kappa shape index (κ2) is 5.95. The molecule has 2 heterocycles. The van der Waals surface area contributed by atoms with Gasteiger partial charge in [-0.2, -0.15) is 0 Å². The molecule has 9 heteroatoms. The van der Waals surface area contributed by atoms with Gasteiger partial charge in [-0.1, -0.05) is 25.2 Å². The maximum Gasteiger partial charge on any atom is 0.321 e. The summed E-state index contributed by atoms with van der Waals surface area (Å²) in [5, 5.41) is 22.5. The number of amides is 2. The average molecular weight is 295 g/mol. The summed E-state index contributed by atoms with van der Waals surface area (Å²) in [7, 11) is 1.82. The Kier molecular flexibility index (Phi) is 4.28. The van der Waals surface area contributed by atoms with E-state index in [0.717, 1.165) is 5.01 Å². The molecule has 0 saturated heterocycles. The molecule has 0 aliphatic heterocycles. The van der Waals surface area contributed by atoms with Crippen molar-refractivity contribution < 1.29 is 4.79 Å². The van der Waals surface area contributed by atoms with Crippen LogP contribution in [0.3, 0.4) is 0 Å². The van der Waals surface area contributed by atoms with Crippen LogP contribution in [0.4, 0.5) is 9.93 Å². The van der Waals surface area contributed by atoms with Crippen LogP contribution in [-0.2, 0) is 7.05 Å². The lowest BCUT2D eigenvalue weighted by atomic mass is 10.2. The molecule has 2 aromatic heterocycles. The van der Waals surface area contributed by atoms with Crippen molar-refractivity contribution in [3.63, 3.8) is 0 Å². The summed E-state index contributed by atoms with van der Waals surface area (Å²) in [6, 6.07) is -0.591. The number of nitrogens with one attached hydrogen (secondary N) is 2. The molecule has 0 unspecified atom stereocenters. The summed E-state index contributed by atoms with van der Waals surface area (Å²) >= 11 is 1.37. The molecule has 0 saturated carbocycles. The fourth-order valence-electron chi connectivity index (χ4n) is 1.60. The largest absolute Gasteiger partial charge is 0.328 e. The monoisotopic (exact) mass is 295 g/mol. The Hall–Kier alpha value is -2.03. The maximum absolute atomic E-state index is 11.9. The summed E-state index contributed by atoms with van der Waals surface area (Å²) in [4.78, 5) is 11.9. The van der Waals surface area contributed by atoms with E-state index in [0.29, 0.717) is 16.9 Å². The van der Waals surface area contributed by atoms with E-state index in [4.69, 9.17) is 0 Å². The fourth-order valence-corrected chi connectivity index (χ4v) is 2.34. The lowest BCUT2D eigenvalue weighted by Gasteiger charge is -2.12. The molecule has 0 spiro atoms. The van der Waals surface area contributed by atoms with Crippen LogP contribution in [0.25, 0.3) is 0 Å². The number of aromatic nitrogens is 5. The number of carbonyl (C=O) groups excluding carboxylic acids is 1. The minimum atomic E-state index is -0.341. The molecule has 0 radical (unpaired) electrons. The number of aryl methyl sites for hydroxylation is 1. The Morgan fingerprint density at radius 2 is 2.05 bits per heavy atom. The van der Waals surface area contributed by atoms with Crippen LogP contribution in [0, 0.1) is 0 Å². The molecule has 1 atom stereocenters. The van der Waals surface area contributed by atoms with Gasteiger partial charge in [0.25, 0.3) is 0 Å². The highest BCUT2D eigenvalue weighted by Gasteiger charge is 2.15. The standard InChI is InChI=1S/C11H17N7OS/c1-6(2)9-16-17-11(20-9)14-10(19)13-7(3)8-15-12-5-18(8)4/h5-7H,1-4H3,(H2,13,14,17,19)/t7-/m1/s1. The molecule has 0 bridgehead atoms. The molecule has 0 aliphatic carbocycles. The molecular formula is C11H17N7OS. The summed E-state index contributed by atoms with van der Waals surface area (Å²) < 4.78 is 1.76. The predicted octanol–water partition coefficient (Wildman–Crippen LogP) is 1.67. The van der Waals surface area contributed by atoms with Crippen LogP contribution >= 0.6 is 11.3 Å². The number of carbonyl (C=O) groups is 1. The molecular weight excluding hydrogens is 278 g/mol. The van der Waals surface area contributed by atoms with Gasteiger partial charge in [-0.3, -0.25) is 5.32 Å². The molecule has 2 amide bonds. The Morgan fingerprint density at radius 3 is 2.60 bits per heavy atom. The van der Waals surface area contributed by atoms with Gasteiger partial charge in [-0.15, -0.1) is 20.4 Å². The Balaban J connectivity index is 1.93. The summed E-state index contributed by atoms with van der Waals surface area (Å²) in [6.07, 6.45) is 1.59. The zero-order valence-electron chi connectivity index (χ0n) is 11.8. The molecule has 0 aliphatic rings. The van der Waals surface area contributed by atoms with Gasteiger partial charge in [-0.25, -0.2) is 4.79 Å². The molecule has 8 nitrogen and oxygen atoms in total. The van der Waals surface area contributed by atoms with E-state index in [1.54, 1.807) is 10.9 Å². The minimum absolute atomic E-state index is 0.250. The Bertz CT molecular complexity index is 591. The number of hydrogen-bond acceptors (Lipinski definition) is 6. The smallest absolute Gasteiger partial charge is 0.321 e. The highest BCUT2D eigenvalue weighted by Crippen LogP contribution is 2.22. The second-order valence-electron chi connectivity index (χ2n) is 4.72. The third-order valence-electron chi connectivity index (χ3n) is 2.64. The normalized spacial score (nSPS) is 12.4. The number of nitrogens with zero attached hydrogens (tertiary/aromatic N) is 5. The van der Waals surface area contributed by atoms with Crippen molar-refractivity contribution in [2.45, 2.75) is 32.7 Å². The van der Waals surface area contributed by atoms with E-state index >= 15 is 0 Å². The van der Waals surface area contributed by atoms with Crippen LogP contribution in [-0.4, -0.2) is 31.0 Å². The zero-order chi connectivity index (χ0) is 14.7. The van der Waals surface area contributed by atoms with Crippen LogP contribution in [0.2, 0.25) is 0 Å². The fraction of sp³-hybridized carbons (Fsp3) is 0.545. The number of hydrogen-bond donors (Lipinski definition) is 2. The summed E-state index contributed by atoms with van der Waals surface area (Å²) in [6.45, 7) is 5.89. The van der Waals surface area contributed by atoms with Crippen molar-refractivity contribution >= 4 is 22.5 Å². The lowest BCUT2D eigenvalue weighted by molar-refractivity contribution is 0.248. The van der Waals surface area contributed by atoms with Gasteiger partial charge in [0.05, 0.1) is 6.04 Å². The minimum Gasteiger partial charge on any atom is -0.328 e. The van der Waals surface area contributed by atoms with Crippen molar-refractivity contribution in [2.24, 2.45) is 7.05 Å². The van der Waals surface area contributed by atoms with Crippen molar-refractivity contribution in [3.05, 3.63) is 17.2 Å². The molecule has 0 fully saturated rings. The SMILES string of the molecule is CC(C)c1nnc(NC(=O)N[C@H](C)c2nncn2C)s1. The molecule has 108 valence electrons. The maximum atomic E-state index is 11.9. The van der Waals surface area contributed by atoms with Gasteiger partial charge in [0.15, 0.2) is 5.82 Å². The first-order chi connectivity index (χ1) is 9.47. The highest BCUT2D eigenvalue weighted by molar-refractivity contribution is 7.15. The van der Waals surface area contributed by atoms with Crippen molar-refractivity contribution in [2.75, 3.05) is 5.32 Å². The van der Waals surface area contributed by atoms with Crippen LogP contribution < -0.4 is 10.6 Å². The topological polar surface area (TPSA) is 97.6 Å². The highest BCUT2D eigenvalue weighted by atomic mass is 32.1. The molecule has 2 rings (SSSR count). The van der Waals surface area contributed by atoms with Gasteiger partial charge in [0.1, 0.15) is 11.3 Å². The van der Waals surface area contributed by atoms with Gasteiger partial charge in [-0.05, 0) is 6.92 Å². The number of rotatable bonds is 4. The van der Waals surface area contributed by atoms with E-state index in [9.17, 15) is 4.79 Å². The zero-order valence-corrected chi connectivity index (χ0v) is 12.6. The van der Waals surface area contributed by atoms with E-state index in [1.807, 2.05) is 27.8 Å². The van der Waals surface area contributed by atoms with E-state index in [2.05, 4.69) is 31.0 Å². The first-order valence-corrected chi connectivity index (χ1v) is 7.03. The third kappa shape index (κ3) is 3.29. The summed E-state index contributed by atoms with van der Waals surface area (Å²) in [5.74, 6) is 0.976. The third-order valence-corrected chi connectivity index (χ3v) is 3.78. The second-order valence-corrected chi connectivity index (χ2v) is 5.73. The quantitative estimate of drug-likeness (QED) is 0.894. The molecule has 20 heavy (non-hydrogen) atoms. The van der Waals surface area contributed by atoms with Gasteiger partial charge < -0.3 is 9.88 Å².